The summed E-state index contributed by atoms with van der Waals surface area (Å²) >= 11 is 0. The van der Waals surface area contributed by atoms with Crippen LogP contribution >= 0.6 is 0 Å². The minimum atomic E-state index is -0.591. The van der Waals surface area contributed by atoms with Gasteiger partial charge in [-0.15, -0.1) is 0 Å². The van der Waals surface area contributed by atoms with Gasteiger partial charge in [-0.3, -0.25) is 4.98 Å². The van der Waals surface area contributed by atoms with Crippen LogP contribution in [0, 0.1) is 0 Å². The SMILES string of the molecule is CC(C)N(C(=O)Nc1ccc(-c2cccnc2)oc1=O)C(C)C. The molecule has 23 heavy (non-hydrogen) atoms. The van der Waals surface area contributed by atoms with Crippen molar-refractivity contribution in [3.63, 3.8) is 0 Å². The number of carbonyl (C=O) groups excluding carboxylic acids is 1. The van der Waals surface area contributed by atoms with Crippen molar-refractivity contribution in [1.29, 1.82) is 0 Å². The number of hydrogen-bond acceptors (Lipinski definition) is 4. The maximum absolute atomic E-state index is 12.3. The lowest BCUT2D eigenvalue weighted by atomic mass is 10.2. The van der Waals surface area contributed by atoms with Gasteiger partial charge in [0.05, 0.1) is 0 Å². The second kappa shape index (κ2) is 7.09. The van der Waals surface area contributed by atoms with E-state index in [1.165, 1.54) is 0 Å². The predicted octanol–water partition coefficient (Wildman–Crippen LogP) is 3.35. The van der Waals surface area contributed by atoms with Crippen LogP contribution in [0.5, 0.6) is 0 Å². The van der Waals surface area contributed by atoms with Gasteiger partial charge in [0, 0.05) is 30.0 Å². The van der Waals surface area contributed by atoms with Gasteiger partial charge >= 0.3 is 11.7 Å². The lowest BCUT2D eigenvalue weighted by Crippen LogP contribution is -2.45. The first-order valence-electron chi connectivity index (χ1n) is 7.54. The quantitative estimate of drug-likeness (QED) is 0.938. The normalized spacial score (nSPS) is 10.9. The Morgan fingerprint density at radius 1 is 1.17 bits per heavy atom. The van der Waals surface area contributed by atoms with Crippen LogP contribution in [-0.2, 0) is 0 Å². The Morgan fingerprint density at radius 3 is 2.39 bits per heavy atom. The average Bonchev–Trinajstić information content (AvgIpc) is 2.49. The molecule has 0 aromatic carbocycles. The summed E-state index contributed by atoms with van der Waals surface area (Å²) in [6, 6.07) is 6.47. The maximum atomic E-state index is 12.3. The number of urea groups is 1. The predicted molar refractivity (Wildman–Crippen MR) is 89.3 cm³/mol. The molecule has 2 heterocycles. The molecule has 122 valence electrons. The van der Waals surface area contributed by atoms with Crippen molar-refractivity contribution in [2.75, 3.05) is 5.32 Å². The highest BCUT2D eigenvalue weighted by molar-refractivity contribution is 5.89. The Bertz CT molecular complexity index is 715. The van der Waals surface area contributed by atoms with Gasteiger partial charge in [-0.05, 0) is 52.0 Å². The number of hydrogen-bond donors (Lipinski definition) is 1. The molecule has 0 radical (unpaired) electrons. The Labute approximate surface area is 135 Å². The van der Waals surface area contributed by atoms with Gasteiger partial charge in [0.25, 0.3) is 0 Å². The molecule has 0 bridgehead atoms. The standard InChI is InChI=1S/C17H21N3O3/c1-11(2)20(12(3)4)17(22)19-14-7-8-15(23-16(14)21)13-6-5-9-18-10-13/h5-12H,1-4H3,(H,19,22). The molecule has 0 spiro atoms. The van der Waals surface area contributed by atoms with Crippen LogP contribution in [0.25, 0.3) is 11.3 Å². The van der Waals surface area contributed by atoms with E-state index >= 15 is 0 Å². The van der Waals surface area contributed by atoms with Gasteiger partial charge in [-0.2, -0.15) is 0 Å². The highest BCUT2D eigenvalue weighted by Gasteiger charge is 2.21. The van der Waals surface area contributed by atoms with E-state index in [1.807, 2.05) is 27.7 Å². The minimum absolute atomic E-state index is 0.0247. The largest absolute Gasteiger partial charge is 0.421 e. The summed E-state index contributed by atoms with van der Waals surface area (Å²) in [5.41, 5.74) is 0.231. The number of aromatic nitrogens is 1. The molecule has 0 aliphatic carbocycles. The number of rotatable bonds is 4. The fourth-order valence-electron chi connectivity index (χ4n) is 2.42. The lowest BCUT2D eigenvalue weighted by Gasteiger charge is -2.30. The number of nitrogens with one attached hydrogen (secondary N) is 1. The second-order valence-electron chi connectivity index (χ2n) is 5.77. The van der Waals surface area contributed by atoms with Crippen LogP contribution in [0.3, 0.4) is 0 Å². The molecule has 2 aromatic heterocycles. The van der Waals surface area contributed by atoms with Gasteiger partial charge in [0.1, 0.15) is 11.4 Å². The van der Waals surface area contributed by atoms with Gasteiger partial charge in [0.2, 0.25) is 0 Å². The summed E-state index contributed by atoms with van der Waals surface area (Å²) in [6.07, 6.45) is 3.25. The average molecular weight is 315 g/mol. The van der Waals surface area contributed by atoms with Crippen LogP contribution in [0.2, 0.25) is 0 Å². The van der Waals surface area contributed by atoms with Crippen molar-refractivity contribution in [2.24, 2.45) is 0 Å². The van der Waals surface area contributed by atoms with Crippen molar-refractivity contribution in [1.82, 2.24) is 9.88 Å². The summed E-state index contributed by atoms with van der Waals surface area (Å²) < 4.78 is 5.27. The number of nitrogens with zero attached hydrogens (tertiary/aromatic N) is 2. The number of carbonyl (C=O) groups is 1. The smallest absolute Gasteiger partial charge is 0.360 e. The Morgan fingerprint density at radius 2 is 1.87 bits per heavy atom. The third kappa shape index (κ3) is 3.97. The van der Waals surface area contributed by atoms with E-state index in [2.05, 4.69) is 10.3 Å². The first-order chi connectivity index (χ1) is 10.9. The first kappa shape index (κ1) is 16.7. The Hall–Kier alpha value is -2.63. The molecule has 0 aliphatic rings. The van der Waals surface area contributed by atoms with Crippen LogP contribution in [0.1, 0.15) is 27.7 Å². The van der Waals surface area contributed by atoms with E-state index in [0.717, 1.165) is 0 Å². The molecule has 0 atom stereocenters. The monoisotopic (exact) mass is 315 g/mol. The molecule has 0 saturated carbocycles. The van der Waals surface area contributed by atoms with Gasteiger partial charge in [-0.25, -0.2) is 9.59 Å². The van der Waals surface area contributed by atoms with Crippen molar-refractivity contribution in [3.05, 3.63) is 47.1 Å². The van der Waals surface area contributed by atoms with E-state index in [1.54, 1.807) is 41.6 Å². The minimum Gasteiger partial charge on any atom is -0.421 e. The molecule has 0 aliphatic heterocycles. The molecule has 0 unspecified atom stereocenters. The number of pyridine rings is 1. The Kier molecular flexibility index (Phi) is 5.16. The summed E-state index contributed by atoms with van der Waals surface area (Å²) in [5, 5.41) is 2.62. The summed E-state index contributed by atoms with van der Waals surface area (Å²) in [6.45, 7) is 7.70. The highest BCUT2D eigenvalue weighted by atomic mass is 16.4. The van der Waals surface area contributed by atoms with Crippen LogP contribution < -0.4 is 10.9 Å². The molecule has 6 heteroatoms. The van der Waals surface area contributed by atoms with Gasteiger partial charge < -0.3 is 14.6 Å². The number of anilines is 1. The van der Waals surface area contributed by atoms with E-state index in [-0.39, 0.29) is 23.8 Å². The molecule has 0 saturated heterocycles. The molecular weight excluding hydrogens is 294 g/mol. The van der Waals surface area contributed by atoms with Gasteiger partial charge in [-0.1, -0.05) is 0 Å². The fourth-order valence-corrected chi connectivity index (χ4v) is 2.42. The second-order valence-corrected chi connectivity index (χ2v) is 5.77. The van der Waals surface area contributed by atoms with E-state index in [4.69, 9.17) is 4.42 Å². The van der Waals surface area contributed by atoms with Crippen molar-refractivity contribution >= 4 is 11.7 Å². The molecule has 6 nitrogen and oxygen atoms in total. The third-order valence-electron chi connectivity index (χ3n) is 3.36. The summed E-state index contributed by atoms with van der Waals surface area (Å²) in [5.74, 6) is 0.408. The molecule has 0 fully saturated rings. The molecule has 2 amide bonds. The molecule has 2 aromatic rings. The van der Waals surface area contributed by atoms with Crippen molar-refractivity contribution in [2.45, 2.75) is 39.8 Å². The zero-order valence-electron chi connectivity index (χ0n) is 13.7. The van der Waals surface area contributed by atoms with E-state index in [9.17, 15) is 9.59 Å². The number of amides is 2. The fraction of sp³-hybridized carbons (Fsp3) is 0.353. The highest BCUT2D eigenvalue weighted by Crippen LogP contribution is 2.18. The lowest BCUT2D eigenvalue weighted by molar-refractivity contribution is 0.178. The van der Waals surface area contributed by atoms with Gasteiger partial charge in [0.15, 0.2) is 0 Å². The van der Waals surface area contributed by atoms with Crippen LogP contribution in [0.15, 0.2) is 45.9 Å². The Balaban J connectivity index is 2.22. The zero-order chi connectivity index (χ0) is 17.0. The first-order valence-corrected chi connectivity index (χ1v) is 7.54. The van der Waals surface area contributed by atoms with Crippen LogP contribution in [-0.4, -0.2) is 28.0 Å². The molecule has 1 N–H and O–H groups in total. The maximum Gasteiger partial charge on any atom is 0.360 e. The third-order valence-corrected chi connectivity index (χ3v) is 3.36. The topological polar surface area (TPSA) is 75.4 Å². The van der Waals surface area contributed by atoms with Crippen molar-refractivity contribution in [3.8, 4) is 11.3 Å². The van der Waals surface area contributed by atoms with E-state index < -0.39 is 5.63 Å². The molecule has 2 rings (SSSR count). The summed E-state index contributed by atoms with van der Waals surface area (Å²) in [4.78, 5) is 30.1. The van der Waals surface area contributed by atoms with Crippen molar-refractivity contribution < 1.29 is 9.21 Å². The van der Waals surface area contributed by atoms with Crippen LogP contribution in [0.4, 0.5) is 10.5 Å². The van der Waals surface area contributed by atoms with E-state index in [0.29, 0.717) is 11.3 Å². The zero-order valence-corrected chi connectivity index (χ0v) is 13.7. The molecular formula is C17H21N3O3. The summed E-state index contributed by atoms with van der Waals surface area (Å²) in [7, 11) is 0.